The van der Waals surface area contributed by atoms with Crippen molar-refractivity contribution in [3.63, 3.8) is 0 Å². The Hall–Kier alpha value is -1.20. The van der Waals surface area contributed by atoms with Crippen LogP contribution in [0.1, 0.15) is 5.56 Å². The molecule has 0 aliphatic heterocycles. The Bertz CT molecular complexity index is 375. The van der Waals surface area contributed by atoms with Crippen LogP contribution >= 0.6 is 23.8 Å². The molecule has 15 heavy (non-hydrogen) atoms. The molecule has 80 valence electrons. The zero-order valence-corrected chi connectivity index (χ0v) is 9.49. The van der Waals surface area contributed by atoms with Gasteiger partial charge in [-0.1, -0.05) is 17.7 Å². The van der Waals surface area contributed by atoms with E-state index in [4.69, 9.17) is 23.8 Å². The van der Waals surface area contributed by atoms with E-state index in [0.29, 0.717) is 10.1 Å². The highest BCUT2D eigenvalue weighted by molar-refractivity contribution is 7.80. The maximum atomic E-state index is 13.2. The summed E-state index contributed by atoms with van der Waals surface area (Å²) in [5.41, 5.74) is 2.73. The number of halogens is 2. The molecule has 6 heteroatoms. The van der Waals surface area contributed by atoms with Gasteiger partial charge in [-0.3, -0.25) is 5.43 Å². The van der Waals surface area contributed by atoms with E-state index in [1.165, 1.54) is 18.3 Å². The van der Waals surface area contributed by atoms with Crippen LogP contribution in [0.2, 0.25) is 5.02 Å². The fourth-order valence-corrected chi connectivity index (χ4v) is 1.11. The smallest absolute Gasteiger partial charge is 0.186 e. The van der Waals surface area contributed by atoms with E-state index in [-0.39, 0.29) is 5.56 Å². The van der Waals surface area contributed by atoms with E-state index in [0.717, 1.165) is 0 Å². The molecule has 0 amide bonds. The van der Waals surface area contributed by atoms with Gasteiger partial charge >= 0.3 is 0 Å². The summed E-state index contributed by atoms with van der Waals surface area (Å²) in [5.74, 6) is -0.427. The number of nitrogens with zero attached hydrogens (tertiary/aromatic N) is 1. The molecule has 0 heterocycles. The van der Waals surface area contributed by atoms with Crippen molar-refractivity contribution in [1.82, 2.24) is 10.7 Å². The number of hydrogen-bond acceptors (Lipinski definition) is 2. The molecule has 0 aliphatic rings. The fraction of sp³-hybridized carbons (Fsp3) is 0.111. The molecule has 0 radical (unpaired) electrons. The van der Waals surface area contributed by atoms with Gasteiger partial charge in [0, 0.05) is 12.6 Å². The Labute approximate surface area is 97.3 Å². The van der Waals surface area contributed by atoms with E-state index < -0.39 is 5.82 Å². The molecular weight excluding hydrogens is 237 g/mol. The lowest BCUT2D eigenvalue weighted by atomic mass is 10.2. The summed E-state index contributed by atoms with van der Waals surface area (Å²) in [4.78, 5) is 0. The Balaban J connectivity index is 2.76. The van der Waals surface area contributed by atoms with Gasteiger partial charge in [0.05, 0.1) is 11.2 Å². The molecule has 0 saturated carbocycles. The first-order valence-corrected chi connectivity index (χ1v) is 4.88. The fourth-order valence-electron chi connectivity index (χ4n) is 0.845. The predicted octanol–water partition coefficient (Wildman–Crippen LogP) is 1.91. The Morgan fingerprint density at radius 2 is 2.33 bits per heavy atom. The highest BCUT2D eigenvalue weighted by atomic mass is 35.5. The Morgan fingerprint density at radius 1 is 1.60 bits per heavy atom. The highest BCUT2D eigenvalue weighted by Crippen LogP contribution is 2.16. The highest BCUT2D eigenvalue weighted by Gasteiger charge is 2.03. The monoisotopic (exact) mass is 245 g/mol. The van der Waals surface area contributed by atoms with Crippen LogP contribution in [-0.2, 0) is 0 Å². The zero-order valence-electron chi connectivity index (χ0n) is 7.92. The van der Waals surface area contributed by atoms with Crippen molar-refractivity contribution in [3.05, 3.63) is 34.6 Å². The molecular formula is C9H9ClFN3S. The Morgan fingerprint density at radius 3 is 2.93 bits per heavy atom. The maximum Gasteiger partial charge on any atom is 0.186 e. The van der Waals surface area contributed by atoms with Crippen molar-refractivity contribution in [2.24, 2.45) is 5.10 Å². The normalized spacial score (nSPS) is 10.3. The lowest BCUT2D eigenvalue weighted by Crippen LogP contribution is -2.28. The first kappa shape index (κ1) is 11.9. The molecule has 0 saturated heterocycles. The average Bonchev–Trinajstić information content (AvgIpc) is 2.22. The zero-order chi connectivity index (χ0) is 11.3. The van der Waals surface area contributed by atoms with E-state index in [2.05, 4.69) is 15.8 Å². The van der Waals surface area contributed by atoms with Crippen LogP contribution in [-0.4, -0.2) is 18.4 Å². The van der Waals surface area contributed by atoms with Crippen molar-refractivity contribution in [2.45, 2.75) is 0 Å². The summed E-state index contributed by atoms with van der Waals surface area (Å²) < 4.78 is 13.2. The van der Waals surface area contributed by atoms with Crippen molar-refractivity contribution in [1.29, 1.82) is 0 Å². The summed E-state index contributed by atoms with van der Waals surface area (Å²) in [6.45, 7) is 0. The third kappa shape index (κ3) is 3.45. The topological polar surface area (TPSA) is 36.4 Å². The third-order valence-electron chi connectivity index (χ3n) is 1.59. The number of nitrogens with one attached hydrogen (secondary N) is 2. The number of hydrazone groups is 1. The largest absolute Gasteiger partial charge is 0.364 e. The minimum atomic E-state index is -0.427. The van der Waals surface area contributed by atoms with Crippen LogP contribution in [0.4, 0.5) is 4.39 Å². The van der Waals surface area contributed by atoms with Crippen LogP contribution in [0.5, 0.6) is 0 Å². The molecule has 0 spiro atoms. The van der Waals surface area contributed by atoms with Gasteiger partial charge in [0.25, 0.3) is 0 Å². The summed E-state index contributed by atoms with van der Waals surface area (Å²) >= 11 is 10.5. The van der Waals surface area contributed by atoms with E-state index in [1.807, 2.05) is 0 Å². The molecule has 0 fully saturated rings. The molecule has 1 aromatic carbocycles. The standard InChI is InChI=1S/C9H9ClFN3S/c1-12-9(15)14-13-5-6-7(10)3-2-4-8(6)11/h2-5H,1H3,(H2,12,14,15). The van der Waals surface area contributed by atoms with Gasteiger partial charge in [-0.2, -0.15) is 5.10 Å². The van der Waals surface area contributed by atoms with Crippen molar-refractivity contribution in [2.75, 3.05) is 7.05 Å². The lowest BCUT2D eigenvalue weighted by Gasteiger charge is -2.01. The number of rotatable bonds is 2. The molecule has 1 rings (SSSR count). The molecule has 0 atom stereocenters. The van der Waals surface area contributed by atoms with Gasteiger partial charge in [-0.05, 0) is 24.4 Å². The van der Waals surface area contributed by atoms with E-state index in [1.54, 1.807) is 13.1 Å². The van der Waals surface area contributed by atoms with Crippen molar-refractivity contribution < 1.29 is 4.39 Å². The van der Waals surface area contributed by atoms with Crippen LogP contribution in [0.3, 0.4) is 0 Å². The second kappa shape index (κ2) is 5.63. The second-order valence-corrected chi connectivity index (χ2v) is 3.40. The number of thiocarbonyl (C=S) groups is 1. The molecule has 0 unspecified atom stereocenters. The average molecular weight is 246 g/mol. The minimum absolute atomic E-state index is 0.227. The summed E-state index contributed by atoms with van der Waals surface area (Å²) in [6, 6.07) is 4.42. The number of benzene rings is 1. The molecule has 0 aliphatic carbocycles. The minimum Gasteiger partial charge on any atom is -0.364 e. The third-order valence-corrected chi connectivity index (χ3v) is 2.21. The molecule has 2 N–H and O–H groups in total. The SMILES string of the molecule is CNC(=S)NN=Cc1c(F)cccc1Cl. The lowest BCUT2D eigenvalue weighted by molar-refractivity contribution is 0.626. The first-order chi connectivity index (χ1) is 7.15. The van der Waals surface area contributed by atoms with E-state index in [9.17, 15) is 4.39 Å². The van der Waals surface area contributed by atoms with Crippen LogP contribution < -0.4 is 10.7 Å². The summed E-state index contributed by atoms with van der Waals surface area (Å²) in [6.07, 6.45) is 1.28. The van der Waals surface area contributed by atoms with Crippen LogP contribution in [0.15, 0.2) is 23.3 Å². The van der Waals surface area contributed by atoms with Gasteiger partial charge in [0.15, 0.2) is 5.11 Å². The predicted molar refractivity (Wildman–Crippen MR) is 63.8 cm³/mol. The first-order valence-electron chi connectivity index (χ1n) is 4.10. The van der Waals surface area contributed by atoms with Gasteiger partial charge in [-0.15, -0.1) is 0 Å². The Kier molecular flexibility index (Phi) is 4.45. The van der Waals surface area contributed by atoms with Gasteiger partial charge in [-0.25, -0.2) is 4.39 Å². The van der Waals surface area contributed by atoms with Gasteiger partial charge in [0.1, 0.15) is 5.82 Å². The molecule has 0 bridgehead atoms. The summed E-state index contributed by atoms with van der Waals surface area (Å²) in [7, 11) is 1.65. The van der Waals surface area contributed by atoms with Gasteiger partial charge in [0.2, 0.25) is 0 Å². The summed E-state index contributed by atoms with van der Waals surface area (Å²) in [5, 5.41) is 7.04. The quantitative estimate of drug-likeness (QED) is 0.475. The number of hydrogen-bond donors (Lipinski definition) is 2. The van der Waals surface area contributed by atoms with Crippen molar-refractivity contribution >= 4 is 35.1 Å². The second-order valence-electron chi connectivity index (χ2n) is 2.58. The van der Waals surface area contributed by atoms with Crippen LogP contribution in [0.25, 0.3) is 0 Å². The van der Waals surface area contributed by atoms with Gasteiger partial charge < -0.3 is 5.32 Å². The maximum absolute atomic E-state index is 13.2. The molecule has 3 nitrogen and oxygen atoms in total. The van der Waals surface area contributed by atoms with E-state index >= 15 is 0 Å². The molecule has 1 aromatic rings. The molecule has 0 aromatic heterocycles. The van der Waals surface area contributed by atoms with Crippen LogP contribution in [0, 0.1) is 5.82 Å². The van der Waals surface area contributed by atoms with Crippen molar-refractivity contribution in [3.8, 4) is 0 Å².